The summed E-state index contributed by atoms with van der Waals surface area (Å²) >= 11 is 0. The molecule has 0 amide bonds. The lowest BCUT2D eigenvalue weighted by Gasteiger charge is -2.19. The number of rotatable bonds is 2. The number of para-hydroxylation sites is 2. The van der Waals surface area contributed by atoms with Crippen molar-refractivity contribution in [2.24, 2.45) is 0 Å². The molecule has 2 heterocycles. The molecule has 208 valence electrons. The number of aromatic nitrogens is 3. The molecule has 0 aliphatic heterocycles. The summed E-state index contributed by atoms with van der Waals surface area (Å²) in [7, 11) is 0. The molecule has 0 atom stereocenters. The van der Waals surface area contributed by atoms with Crippen LogP contribution in [0.5, 0.6) is 0 Å². The largest absolute Gasteiger partial charge is 0.299 e. The van der Waals surface area contributed by atoms with Crippen LogP contribution in [0.3, 0.4) is 0 Å². The number of benzene rings is 7. The van der Waals surface area contributed by atoms with Crippen molar-refractivity contribution < 1.29 is 0 Å². The van der Waals surface area contributed by atoms with E-state index in [0.717, 1.165) is 33.6 Å². The van der Waals surface area contributed by atoms with E-state index in [1.54, 1.807) is 0 Å². The third-order valence-electron chi connectivity index (χ3n) is 9.35. The molecular formula is C42H25N3. The molecule has 1 aliphatic rings. The van der Waals surface area contributed by atoms with Gasteiger partial charge in [-0.05, 0) is 67.6 Å². The molecule has 0 unspecified atom stereocenters. The van der Waals surface area contributed by atoms with E-state index in [-0.39, 0.29) is 0 Å². The lowest BCUT2D eigenvalue weighted by atomic mass is 9.85. The minimum Gasteiger partial charge on any atom is -0.299 e. The summed E-state index contributed by atoms with van der Waals surface area (Å²) in [6.45, 7) is 0. The SMILES string of the molecule is c1ccc(-c2nc3ccccc3nc2-n2cc3c4c(cccc42)-c2c(c4ccccc4c4ccccc24)-c2ccccc2-3)cc1. The smallest absolute Gasteiger partial charge is 0.164 e. The van der Waals surface area contributed by atoms with Crippen LogP contribution in [0.15, 0.2) is 152 Å². The maximum atomic E-state index is 5.28. The Kier molecular flexibility index (Phi) is 5.00. The first kappa shape index (κ1) is 24.4. The highest BCUT2D eigenvalue weighted by atomic mass is 15.1. The molecule has 45 heavy (non-hydrogen) atoms. The minimum atomic E-state index is 0.829. The Morgan fingerprint density at radius 2 is 0.956 bits per heavy atom. The predicted molar refractivity (Wildman–Crippen MR) is 187 cm³/mol. The van der Waals surface area contributed by atoms with Crippen molar-refractivity contribution >= 4 is 43.5 Å². The fourth-order valence-electron chi connectivity index (χ4n) is 7.46. The van der Waals surface area contributed by atoms with E-state index in [4.69, 9.17) is 9.97 Å². The summed E-state index contributed by atoms with van der Waals surface area (Å²) in [4.78, 5) is 10.5. The molecule has 0 spiro atoms. The minimum absolute atomic E-state index is 0.829. The first-order valence-electron chi connectivity index (χ1n) is 15.4. The average molecular weight is 572 g/mol. The van der Waals surface area contributed by atoms with Crippen molar-refractivity contribution in [1.82, 2.24) is 14.5 Å². The van der Waals surface area contributed by atoms with E-state index in [2.05, 4.69) is 126 Å². The van der Waals surface area contributed by atoms with Crippen molar-refractivity contribution in [3.8, 4) is 50.5 Å². The molecular weight excluding hydrogens is 546 g/mol. The van der Waals surface area contributed by atoms with Gasteiger partial charge in [-0.15, -0.1) is 0 Å². The first-order chi connectivity index (χ1) is 22.3. The van der Waals surface area contributed by atoms with Crippen LogP contribution in [0.25, 0.3) is 93.9 Å². The molecule has 0 bridgehead atoms. The van der Waals surface area contributed by atoms with Crippen LogP contribution < -0.4 is 0 Å². The van der Waals surface area contributed by atoms with Crippen molar-refractivity contribution in [3.63, 3.8) is 0 Å². The molecule has 0 saturated heterocycles. The van der Waals surface area contributed by atoms with Crippen molar-refractivity contribution in [2.45, 2.75) is 0 Å². The Morgan fingerprint density at radius 3 is 1.69 bits per heavy atom. The topological polar surface area (TPSA) is 30.7 Å². The van der Waals surface area contributed by atoms with Crippen molar-refractivity contribution in [1.29, 1.82) is 0 Å². The van der Waals surface area contributed by atoms with Gasteiger partial charge in [0.2, 0.25) is 0 Å². The zero-order valence-electron chi connectivity index (χ0n) is 24.3. The summed E-state index contributed by atoms with van der Waals surface area (Å²) in [5.41, 5.74) is 12.3. The van der Waals surface area contributed by atoms with Crippen LogP contribution >= 0.6 is 0 Å². The van der Waals surface area contributed by atoms with E-state index in [1.807, 2.05) is 30.3 Å². The van der Waals surface area contributed by atoms with Crippen molar-refractivity contribution in [3.05, 3.63) is 152 Å². The van der Waals surface area contributed by atoms with Crippen molar-refractivity contribution in [2.75, 3.05) is 0 Å². The van der Waals surface area contributed by atoms with Gasteiger partial charge in [0.1, 0.15) is 5.69 Å². The molecule has 2 aromatic heterocycles. The van der Waals surface area contributed by atoms with Gasteiger partial charge in [-0.1, -0.05) is 127 Å². The van der Waals surface area contributed by atoms with E-state index in [1.165, 1.54) is 60.3 Å². The van der Waals surface area contributed by atoms with Crippen LogP contribution in [0.4, 0.5) is 0 Å². The molecule has 1 aliphatic carbocycles. The molecule has 3 nitrogen and oxygen atoms in total. The normalized spacial score (nSPS) is 12.0. The number of fused-ring (bicyclic) bond motifs is 11. The average Bonchev–Trinajstić information content (AvgIpc) is 3.45. The lowest BCUT2D eigenvalue weighted by molar-refractivity contribution is 1.04. The summed E-state index contributed by atoms with van der Waals surface area (Å²) < 4.78 is 2.26. The summed E-state index contributed by atoms with van der Waals surface area (Å²) in [6, 6.07) is 51.9. The fraction of sp³-hybridized carbons (Fsp3) is 0. The van der Waals surface area contributed by atoms with Gasteiger partial charge in [0, 0.05) is 22.7 Å². The van der Waals surface area contributed by atoms with Gasteiger partial charge in [0.15, 0.2) is 5.82 Å². The van der Waals surface area contributed by atoms with Gasteiger partial charge in [0.25, 0.3) is 0 Å². The van der Waals surface area contributed by atoms with Gasteiger partial charge in [-0.2, -0.15) is 0 Å². The van der Waals surface area contributed by atoms with Crippen LogP contribution in [-0.2, 0) is 0 Å². The summed E-state index contributed by atoms with van der Waals surface area (Å²) in [5.74, 6) is 0.829. The van der Waals surface area contributed by atoms with Gasteiger partial charge < -0.3 is 0 Å². The van der Waals surface area contributed by atoms with Gasteiger partial charge in [-0.3, -0.25) is 4.57 Å². The molecule has 7 aromatic carbocycles. The predicted octanol–water partition coefficient (Wildman–Crippen LogP) is 10.9. The second kappa shape index (κ2) is 9.22. The second-order valence-corrected chi connectivity index (χ2v) is 11.7. The summed E-state index contributed by atoms with van der Waals surface area (Å²) in [6.07, 6.45) is 2.29. The molecule has 0 N–H and O–H groups in total. The number of hydrogen-bond donors (Lipinski definition) is 0. The first-order valence-corrected chi connectivity index (χ1v) is 15.4. The lowest BCUT2D eigenvalue weighted by Crippen LogP contribution is -2.03. The second-order valence-electron chi connectivity index (χ2n) is 11.7. The van der Waals surface area contributed by atoms with E-state index < -0.39 is 0 Å². The van der Waals surface area contributed by atoms with Gasteiger partial charge in [-0.25, -0.2) is 9.97 Å². The molecule has 0 fully saturated rings. The number of nitrogens with zero attached hydrogens (tertiary/aromatic N) is 3. The maximum Gasteiger partial charge on any atom is 0.164 e. The highest BCUT2D eigenvalue weighted by molar-refractivity contribution is 6.27. The Hall–Kier alpha value is -6.06. The third kappa shape index (κ3) is 3.41. The maximum absolute atomic E-state index is 5.28. The zero-order chi connectivity index (χ0) is 29.5. The quantitative estimate of drug-likeness (QED) is 0.193. The molecule has 0 radical (unpaired) electrons. The summed E-state index contributed by atoms with van der Waals surface area (Å²) in [5, 5.41) is 6.34. The number of hydrogen-bond acceptors (Lipinski definition) is 2. The van der Waals surface area contributed by atoms with Gasteiger partial charge >= 0.3 is 0 Å². The standard InChI is InChI=1S/C42H25N3/c1-2-13-26(14-3-1)41-42(44-36-23-11-10-22-35(36)43-41)45-25-34-29-17-6-9-20-32(29)39-30-18-7-4-15-27(30)28-16-5-8-19-31(28)40(39)33-21-12-24-37(45)38(33)34/h1-25H. The fourth-order valence-corrected chi connectivity index (χ4v) is 7.46. The van der Waals surface area contributed by atoms with E-state index >= 15 is 0 Å². The van der Waals surface area contributed by atoms with E-state index in [9.17, 15) is 0 Å². The molecule has 9 aromatic rings. The molecule has 0 saturated carbocycles. The van der Waals surface area contributed by atoms with Crippen LogP contribution in [0, 0.1) is 0 Å². The van der Waals surface area contributed by atoms with Crippen LogP contribution in [0.1, 0.15) is 0 Å². The zero-order valence-corrected chi connectivity index (χ0v) is 24.3. The van der Waals surface area contributed by atoms with Crippen LogP contribution in [-0.4, -0.2) is 14.5 Å². The Labute approximate surface area is 259 Å². The highest BCUT2D eigenvalue weighted by Gasteiger charge is 2.28. The monoisotopic (exact) mass is 571 g/mol. The van der Waals surface area contributed by atoms with E-state index in [0.29, 0.717) is 0 Å². The van der Waals surface area contributed by atoms with Crippen LogP contribution in [0.2, 0.25) is 0 Å². The molecule has 3 heteroatoms. The Bertz CT molecular complexity index is 2650. The Balaban J connectivity index is 1.39. The molecule has 10 rings (SSSR count). The Morgan fingerprint density at radius 1 is 0.400 bits per heavy atom. The van der Waals surface area contributed by atoms with Gasteiger partial charge in [0.05, 0.1) is 16.6 Å². The highest BCUT2D eigenvalue weighted by Crippen LogP contribution is 2.53. The third-order valence-corrected chi connectivity index (χ3v) is 9.35.